The average Bonchev–Trinajstić information content (AvgIpc) is 2.65. The smallest absolute Gasteiger partial charge is 0.387 e. The van der Waals surface area contributed by atoms with Crippen LogP contribution >= 0.6 is 0 Å². The van der Waals surface area contributed by atoms with Crippen molar-refractivity contribution in [2.75, 3.05) is 0 Å². The molecule has 0 saturated carbocycles. The molecular weight excluding hydrogens is 340 g/mol. The largest absolute Gasteiger partial charge is 0.434 e. The molecule has 2 aromatic rings. The van der Waals surface area contributed by atoms with Crippen molar-refractivity contribution in [2.24, 2.45) is 0 Å². The number of hydrogen-bond donors (Lipinski definition) is 1. The second-order valence-electron chi connectivity index (χ2n) is 5.74. The van der Waals surface area contributed by atoms with Crippen molar-refractivity contribution in [3.63, 3.8) is 0 Å². The first-order chi connectivity index (χ1) is 12.5. The summed E-state index contributed by atoms with van der Waals surface area (Å²) in [6, 6.07) is 13.6. The van der Waals surface area contributed by atoms with Gasteiger partial charge in [0.1, 0.15) is 5.75 Å². The molecule has 1 amide bonds. The van der Waals surface area contributed by atoms with E-state index in [1.807, 2.05) is 19.1 Å². The monoisotopic (exact) mass is 361 g/mol. The number of para-hydroxylation sites is 1. The number of amides is 1. The van der Waals surface area contributed by atoms with E-state index in [-0.39, 0.29) is 36.8 Å². The Hall–Kier alpha value is -2.76. The third kappa shape index (κ3) is 5.95. The molecule has 0 aliphatic carbocycles. The van der Waals surface area contributed by atoms with Crippen molar-refractivity contribution >= 4 is 11.7 Å². The summed E-state index contributed by atoms with van der Waals surface area (Å²) in [4.78, 5) is 24.0. The standard InChI is InChI=1S/C20H21F2NO3/c1-2-14-7-9-15(10-8-14)17(24)11-12-19(25)23-13-16-5-3-4-6-18(16)26-20(21)22/h3-10,20H,2,11-13H2,1H3,(H,23,25). The summed E-state index contributed by atoms with van der Waals surface area (Å²) in [7, 11) is 0. The van der Waals surface area contributed by atoms with E-state index < -0.39 is 6.61 Å². The van der Waals surface area contributed by atoms with Gasteiger partial charge in [0.15, 0.2) is 5.78 Å². The molecular formula is C20H21F2NO3. The van der Waals surface area contributed by atoms with Gasteiger partial charge in [-0.3, -0.25) is 9.59 Å². The molecule has 6 heteroatoms. The SMILES string of the molecule is CCc1ccc(C(=O)CCC(=O)NCc2ccccc2OC(F)F)cc1. The third-order valence-corrected chi connectivity index (χ3v) is 3.93. The maximum Gasteiger partial charge on any atom is 0.387 e. The second-order valence-corrected chi connectivity index (χ2v) is 5.74. The summed E-state index contributed by atoms with van der Waals surface area (Å²) < 4.78 is 29.2. The lowest BCUT2D eigenvalue weighted by molar-refractivity contribution is -0.121. The molecule has 0 unspecified atom stereocenters. The van der Waals surface area contributed by atoms with Crippen LogP contribution < -0.4 is 10.1 Å². The zero-order chi connectivity index (χ0) is 18.9. The van der Waals surface area contributed by atoms with Gasteiger partial charge in [0.2, 0.25) is 5.91 Å². The number of carbonyl (C=O) groups excluding carboxylic acids is 2. The van der Waals surface area contributed by atoms with Crippen LogP contribution in [-0.4, -0.2) is 18.3 Å². The Kier molecular flexibility index (Phi) is 7.26. The highest BCUT2D eigenvalue weighted by Gasteiger charge is 2.12. The number of benzene rings is 2. The number of ether oxygens (including phenoxy) is 1. The van der Waals surface area contributed by atoms with Crippen LogP contribution in [0, 0.1) is 0 Å². The van der Waals surface area contributed by atoms with E-state index in [0.717, 1.165) is 12.0 Å². The van der Waals surface area contributed by atoms with E-state index in [2.05, 4.69) is 10.1 Å². The fourth-order valence-electron chi connectivity index (χ4n) is 2.44. The van der Waals surface area contributed by atoms with E-state index in [1.165, 1.54) is 6.07 Å². The van der Waals surface area contributed by atoms with Crippen molar-refractivity contribution in [3.8, 4) is 5.75 Å². The zero-order valence-corrected chi connectivity index (χ0v) is 14.5. The summed E-state index contributed by atoms with van der Waals surface area (Å²) in [5, 5.41) is 2.62. The normalized spacial score (nSPS) is 10.6. The summed E-state index contributed by atoms with van der Waals surface area (Å²) in [5.74, 6) is -0.408. The van der Waals surface area contributed by atoms with Crippen LogP contribution in [-0.2, 0) is 17.8 Å². The van der Waals surface area contributed by atoms with E-state index in [1.54, 1.807) is 30.3 Å². The van der Waals surface area contributed by atoms with Crippen LogP contribution in [0.25, 0.3) is 0 Å². The highest BCUT2D eigenvalue weighted by Crippen LogP contribution is 2.20. The lowest BCUT2D eigenvalue weighted by atomic mass is 10.0. The van der Waals surface area contributed by atoms with Gasteiger partial charge in [0.25, 0.3) is 0 Å². The predicted octanol–water partition coefficient (Wildman–Crippen LogP) is 4.13. The van der Waals surface area contributed by atoms with E-state index in [0.29, 0.717) is 11.1 Å². The van der Waals surface area contributed by atoms with Gasteiger partial charge in [0.05, 0.1) is 0 Å². The highest BCUT2D eigenvalue weighted by atomic mass is 19.3. The Labute approximate surface area is 151 Å². The second kappa shape index (κ2) is 9.65. The number of halogens is 2. The van der Waals surface area contributed by atoms with Gasteiger partial charge in [-0.05, 0) is 18.1 Å². The maximum absolute atomic E-state index is 12.4. The molecule has 0 aromatic heterocycles. The molecule has 0 spiro atoms. The van der Waals surface area contributed by atoms with E-state index in [9.17, 15) is 18.4 Å². The minimum atomic E-state index is -2.93. The van der Waals surface area contributed by atoms with Crippen molar-refractivity contribution in [2.45, 2.75) is 39.3 Å². The number of alkyl halides is 2. The molecule has 0 fully saturated rings. The molecule has 0 heterocycles. The van der Waals surface area contributed by atoms with Crippen LogP contribution in [0.3, 0.4) is 0 Å². The number of hydrogen-bond acceptors (Lipinski definition) is 3. The molecule has 0 atom stereocenters. The van der Waals surface area contributed by atoms with Gasteiger partial charge >= 0.3 is 6.61 Å². The fraction of sp³-hybridized carbons (Fsp3) is 0.300. The molecule has 4 nitrogen and oxygen atoms in total. The first-order valence-corrected chi connectivity index (χ1v) is 8.41. The Morgan fingerprint density at radius 1 is 1.04 bits per heavy atom. The first kappa shape index (κ1) is 19.6. The van der Waals surface area contributed by atoms with Gasteiger partial charge in [-0.25, -0.2) is 0 Å². The molecule has 0 radical (unpaired) electrons. The average molecular weight is 361 g/mol. The summed E-state index contributed by atoms with van der Waals surface area (Å²) in [5.41, 5.74) is 2.16. The first-order valence-electron chi connectivity index (χ1n) is 8.41. The molecule has 0 aliphatic rings. The van der Waals surface area contributed by atoms with Crippen LogP contribution in [0.4, 0.5) is 8.78 Å². The Morgan fingerprint density at radius 2 is 1.73 bits per heavy atom. The molecule has 26 heavy (non-hydrogen) atoms. The quantitative estimate of drug-likeness (QED) is 0.683. The third-order valence-electron chi connectivity index (χ3n) is 3.93. The van der Waals surface area contributed by atoms with Gasteiger partial charge in [-0.2, -0.15) is 8.78 Å². The van der Waals surface area contributed by atoms with Gasteiger partial charge in [-0.1, -0.05) is 49.4 Å². The van der Waals surface area contributed by atoms with Crippen molar-refractivity contribution in [3.05, 3.63) is 65.2 Å². The number of nitrogens with one attached hydrogen (secondary N) is 1. The molecule has 0 aliphatic heterocycles. The van der Waals surface area contributed by atoms with Crippen LogP contribution in [0.15, 0.2) is 48.5 Å². The number of ketones is 1. The predicted molar refractivity (Wildman–Crippen MR) is 94.3 cm³/mol. The van der Waals surface area contributed by atoms with E-state index in [4.69, 9.17) is 0 Å². The minimum Gasteiger partial charge on any atom is -0.434 e. The molecule has 0 bridgehead atoms. The van der Waals surface area contributed by atoms with Crippen LogP contribution in [0.2, 0.25) is 0 Å². The number of aryl methyl sites for hydroxylation is 1. The van der Waals surface area contributed by atoms with Crippen molar-refractivity contribution in [1.29, 1.82) is 0 Å². The molecule has 0 saturated heterocycles. The molecule has 2 aromatic carbocycles. The number of Topliss-reactive ketones (excluding diaryl/α,β-unsaturated/α-hetero) is 1. The fourth-order valence-corrected chi connectivity index (χ4v) is 2.44. The summed E-state index contributed by atoms with van der Waals surface area (Å²) in [6.07, 6.45) is 1.02. The Morgan fingerprint density at radius 3 is 2.38 bits per heavy atom. The maximum atomic E-state index is 12.4. The minimum absolute atomic E-state index is 0.0230. The number of carbonyl (C=O) groups is 2. The topological polar surface area (TPSA) is 55.4 Å². The van der Waals surface area contributed by atoms with Crippen molar-refractivity contribution in [1.82, 2.24) is 5.32 Å². The Balaban J connectivity index is 1.82. The molecule has 2 rings (SSSR count). The van der Waals surface area contributed by atoms with E-state index >= 15 is 0 Å². The lowest BCUT2D eigenvalue weighted by Crippen LogP contribution is -2.23. The van der Waals surface area contributed by atoms with Gasteiger partial charge in [-0.15, -0.1) is 0 Å². The highest BCUT2D eigenvalue weighted by molar-refractivity contribution is 5.97. The van der Waals surface area contributed by atoms with Gasteiger partial charge in [0, 0.05) is 30.5 Å². The van der Waals surface area contributed by atoms with Gasteiger partial charge < -0.3 is 10.1 Å². The van der Waals surface area contributed by atoms with Crippen LogP contribution in [0.1, 0.15) is 41.3 Å². The molecule has 138 valence electrons. The summed E-state index contributed by atoms with van der Waals surface area (Å²) >= 11 is 0. The van der Waals surface area contributed by atoms with Crippen LogP contribution in [0.5, 0.6) is 5.75 Å². The number of rotatable bonds is 9. The lowest BCUT2D eigenvalue weighted by Gasteiger charge is -2.11. The Bertz CT molecular complexity index is 745. The summed E-state index contributed by atoms with van der Waals surface area (Å²) in [6.45, 7) is -0.837. The zero-order valence-electron chi connectivity index (χ0n) is 14.5. The molecule has 1 N–H and O–H groups in total. The van der Waals surface area contributed by atoms with Crippen molar-refractivity contribution < 1.29 is 23.1 Å².